The summed E-state index contributed by atoms with van der Waals surface area (Å²) in [6.07, 6.45) is 0.250. The Morgan fingerprint density at radius 1 is 0.966 bits per heavy atom. The summed E-state index contributed by atoms with van der Waals surface area (Å²) in [7, 11) is 0. The molecule has 7 nitrogen and oxygen atoms in total. The first-order valence-electron chi connectivity index (χ1n) is 7.51. The number of nitrogens with one attached hydrogen (secondary N) is 2. The number of halogens is 4. The van der Waals surface area contributed by atoms with Gasteiger partial charge in [-0.3, -0.25) is 9.59 Å². The van der Waals surface area contributed by atoms with Gasteiger partial charge in [-0.1, -0.05) is 0 Å². The number of fused-ring (bicyclic) bond motifs is 1. The van der Waals surface area contributed by atoms with Gasteiger partial charge in [0.25, 0.3) is 5.56 Å². The molecule has 3 aromatic rings. The average Bonchev–Trinajstić information content (AvgIpc) is 2.52. The molecule has 11 heteroatoms. The molecule has 29 heavy (non-hydrogen) atoms. The highest BCUT2D eigenvalue weighted by molar-refractivity contribution is 5.88. The minimum Gasteiger partial charge on any atom is -0.507 e. The normalized spacial score (nSPS) is 9.41. The van der Waals surface area contributed by atoms with Crippen molar-refractivity contribution in [3.63, 3.8) is 0 Å². The van der Waals surface area contributed by atoms with Gasteiger partial charge in [0.1, 0.15) is 29.0 Å². The van der Waals surface area contributed by atoms with Crippen LogP contribution < -0.4 is 10.9 Å². The van der Waals surface area contributed by atoms with Gasteiger partial charge in [-0.25, -0.2) is 17.6 Å². The lowest BCUT2D eigenvalue weighted by Crippen LogP contribution is -2.06. The zero-order valence-corrected chi connectivity index (χ0v) is 14.6. The van der Waals surface area contributed by atoms with Gasteiger partial charge < -0.3 is 15.4 Å². The van der Waals surface area contributed by atoms with Crippen LogP contribution in [-0.2, 0) is 14.4 Å². The Labute approximate surface area is 159 Å². The van der Waals surface area contributed by atoms with Crippen LogP contribution in [0.25, 0.3) is 10.9 Å². The van der Waals surface area contributed by atoms with Crippen molar-refractivity contribution in [3.8, 4) is 5.75 Å². The van der Waals surface area contributed by atoms with Crippen molar-refractivity contribution in [1.82, 2.24) is 4.98 Å². The van der Waals surface area contributed by atoms with E-state index >= 15 is 0 Å². The monoisotopic (exact) mass is 412 g/mol. The zero-order chi connectivity index (χ0) is 22.1. The van der Waals surface area contributed by atoms with Gasteiger partial charge in [0.2, 0.25) is 5.91 Å². The maximum absolute atomic E-state index is 13.1. The minimum absolute atomic E-state index is 0.0625. The van der Waals surface area contributed by atoms with Crippen LogP contribution >= 0.6 is 0 Å². The number of carbonyl (C=O) groups is 1. The molecule has 0 bridgehead atoms. The van der Waals surface area contributed by atoms with Gasteiger partial charge in [0, 0.05) is 30.8 Å². The third-order valence-corrected chi connectivity index (χ3v) is 3.02. The molecule has 0 unspecified atom stereocenters. The van der Waals surface area contributed by atoms with E-state index in [0.29, 0.717) is 6.07 Å². The summed E-state index contributed by atoms with van der Waals surface area (Å²) in [4.78, 5) is 39.8. The van der Waals surface area contributed by atoms with Crippen molar-refractivity contribution < 1.29 is 37.1 Å². The number of benzene rings is 2. The third kappa shape index (κ3) is 7.27. The summed E-state index contributed by atoms with van der Waals surface area (Å²) < 4.78 is 50.8. The Morgan fingerprint density at radius 3 is 2.00 bits per heavy atom. The largest absolute Gasteiger partial charge is 0.507 e. The molecule has 1 aromatic heterocycles. The van der Waals surface area contributed by atoms with Crippen molar-refractivity contribution in [3.05, 3.63) is 70.0 Å². The quantitative estimate of drug-likeness (QED) is 0.532. The van der Waals surface area contributed by atoms with E-state index < -0.39 is 34.6 Å². The van der Waals surface area contributed by atoms with E-state index in [9.17, 15) is 32.3 Å². The predicted octanol–water partition coefficient (Wildman–Crippen LogP) is 2.85. The Kier molecular flexibility index (Phi) is 8.25. The Hall–Kier alpha value is -3.98. The lowest BCUT2D eigenvalue weighted by atomic mass is 10.2. The van der Waals surface area contributed by atoms with E-state index in [2.05, 4.69) is 10.3 Å². The second-order valence-electron chi connectivity index (χ2n) is 5.25. The minimum atomic E-state index is -0.909. The first-order valence-corrected chi connectivity index (χ1v) is 7.51. The van der Waals surface area contributed by atoms with E-state index in [0.717, 1.165) is 30.3 Å². The number of carbonyl (C=O) groups excluding carboxylic acids is 3. The molecule has 3 rings (SSSR count). The van der Waals surface area contributed by atoms with E-state index in [4.69, 9.17) is 9.59 Å². The van der Waals surface area contributed by atoms with Crippen molar-refractivity contribution in [2.75, 3.05) is 5.32 Å². The smallest absolute Gasteiger partial charge is 0.373 e. The third-order valence-electron chi connectivity index (χ3n) is 3.02. The lowest BCUT2D eigenvalue weighted by molar-refractivity contribution is -0.191. The Morgan fingerprint density at radius 2 is 1.48 bits per heavy atom. The molecular weight excluding hydrogens is 400 g/mol. The molecule has 1 heterocycles. The van der Waals surface area contributed by atoms with Crippen molar-refractivity contribution in [1.29, 1.82) is 0 Å². The second kappa shape index (κ2) is 10.4. The molecule has 3 N–H and O–H groups in total. The summed E-state index contributed by atoms with van der Waals surface area (Å²) in [5.41, 5.74) is -0.549. The number of hydrogen-bond donors (Lipinski definition) is 3. The van der Waals surface area contributed by atoms with Crippen LogP contribution in [0.1, 0.15) is 6.92 Å². The molecule has 0 aliphatic rings. The SMILES string of the molecule is CC(=O)Nc1cc(F)cc(F)c1.O=C=O.O=c1cc(O)c2c(F)cc(F)cc2[nH]1. The van der Waals surface area contributed by atoms with Crippen molar-refractivity contribution >= 4 is 28.6 Å². The van der Waals surface area contributed by atoms with E-state index in [1.807, 2.05) is 0 Å². The van der Waals surface area contributed by atoms with Crippen LogP contribution in [0.3, 0.4) is 0 Å². The van der Waals surface area contributed by atoms with Crippen LogP contribution in [0.5, 0.6) is 5.75 Å². The van der Waals surface area contributed by atoms with E-state index in [1.54, 1.807) is 0 Å². The number of aromatic hydroxyl groups is 1. The zero-order valence-electron chi connectivity index (χ0n) is 14.6. The van der Waals surface area contributed by atoms with E-state index in [1.165, 1.54) is 6.92 Å². The van der Waals surface area contributed by atoms with Gasteiger partial charge >= 0.3 is 6.15 Å². The molecule has 0 aliphatic heterocycles. The summed E-state index contributed by atoms with van der Waals surface area (Å²) in [6.45, 7) is 1.27. The standard InChI is InChI=1S/C9H5F2NO2.C8H7F2NO.CO2/c10-4-1-5(11)9-6(2-4)12-8(14)3-7(9)13;1-5(12)11-8-3-6(9)2-7(10)4-8;2-1-3/h1-3H,(H2,12,13,14);2-4H,1H3,(H,11,12);. The Balaban J connectivity index is 0.000000259. The lowest BCUT2D eigenvalue weighted by Gasteiger charge is -2.01. The van der Waals surface area contributed by atoms with E-state index in [-0.39, 0.29) is 28.6 Å². The van der Waals surface area contributed by atoms with Gasteiger partial charge in [-0.15, -0.1) is 0 Å². The predicted molar refractivity (Wildman–Crippen MR) is 91.8 cm³/mol. The summed E-state index contributed by atoms with van der Waals surface area (Å²) in [5.74, 6) is -4.00. The number of aromatic amines is 1. The van der Waals surface area contributed by atoms with Crippen LogP contribution in [0.2, 0.25) is 0 Å². The number of pyridine rings is 1. The second-order valence-corrected chi connectivity index (χ2v) is 5.25. The first-order chi connectivity index (χ1) is 13.6. The summed E-state index contributed by atoms with van der Waals surface area (Å²) >= 11 is 0. The molecule has 0 fully saturated rings. The molecule has 0 atom stereocenters. The molecule has 0 spiro atoms. The van der Waals surface area contributed by atoms with Crippen LogP contribution in [0, 0.1) is 23.3 Å². The molecule has 1 amide bonds. The van der Waals surface area contributed by atoms with Crippen LogP contribution in [0.15, 0.2) is 41.2 Å². The molecular formula is C18H12F4N2O5. The highest BCUT2D eigenvalue weighted by atomic mass is 19.1. The highest BCUT2D eigenvalue weighted by Crippen LogP contribution is 2.24. The molecule has 0 saturated carbocycles. The van der Waals surface area contributed by atoms with Gasteiger partial charge in [0.15, 0.2) is 0 Å². The first kappa shape index (κ1) is 23.1. The topological polar surface area (TPSA) is 116 Å². The number of rotatable bonds is 1. The molecule has 0 radical (unpaired) electrons. The fraction of sp³-hybridized carbons (Fsp3) is 0.0556. The fourth-order valence-electron chi connectivity index (χ4n) is 2.13. The van der Waals surface area contributed by atoms with Crippen molar-refractivity contribution in [2.24, 2.45) is 0 Å². The number of aromatic nitrogens is 1. The number of anilines is 1. The molecule has 0 saturated heterocycles. The van der Waals surface area contributed by atoms with Gasteiger partial charge in [-0.2, -0.15) is 9.59 Å². The molecule has 2 aromatic carbocycles. The van der Waals surface area contributed by atoms with Crippen LogP contribution in [-0.4, -0.2) is 22.1 Å². The number of amides is 1. The van der Waals surface area contributed by atoms with Crippen LogP contribution in [0.4, 0.5) is 23.2 Å². The number of H-pyrrole nitrogens is 1. The number of hydrogen-bond acceptors (Lipinski definition) is 5. The summed E-state index contributed by atoms with van der Waals surface area (Å²) in [5, 5.41) is 11.3. The van der Waals surface area contributed by atoms with Gasteiger partial charge in [0.05, 0.1) is 10.9 Å². The van der Waals surface area contributed by atoms with Crippen molar-refractivity contribution in [2.45, 2.75) is 6.92 Å². The molecule has 152 valence electrons. The molecule has 0 aliphatic carbocycles. The average molecular weight is 412 g/mol. The van der Waals surface area contributed by atoms with Gasteiger partial charge in [-0.05, 0) is 18.2 Å². The fourth-order valence-corrected chi connectivity index (χ4v) is 2.13. The Bertz CT molecular complexity index is 1100. The summed E-state index contributed by atoms with van der Waals surface area (Å²) in [6, 6.07) is 5.25. The maximum Gasteiger partial charge on any atom is 0.373 e. The highest BCUT2D eigenvalue weighted by Gasteiger charge is 2.09. The maximum atomic E-state index is 13.1.